The van der Waals surface area contributed by atoms with Crippen molar-refractivity contribution in [1.29, 1.82) is 0 Å². The summed E-state index contributed by atoms with van der Waals surface area (Å²) in [6.45, 7) is 1.92. The highest BCUT2D eigenvalue weighted by molar-refractivity contribution is 5.78. The lowest BCUT2D eigenvalue weighted by Gasteiger charge is -2.09. The van der Waals surface area contributed by atoms with Crippen molar-refractivity contribution < 1.29 is 9.53 Å². The van der Waals surface area contributed by atoms with E-state index in [2.05, 4.69) is 5.32 Å². The van der Waals surface area contributed by atoms with Crippen molar-refractivity contribution in [2.75, 3.05) is 13.2 Å². The van der Waals surface area contributed by atoms with E-state index in [4.69, 9.17) is 4.74 Å². The van der Waals surface area contributed by atoms with Crippen molar-refractivity contribution in [3.05, 3.63) is 34.2 Å². The molecule has 1 aliphatic heterocycles. The number of benzene rings is 1. The molecule has 118 valence electrons. The molecule has 0 spiro atoms. The van der Waals surface area contributed by atoms with Crippen molar-refractivity contribution >= 4 is 16.9 Å². The molecule has 1 atom stereocenters. The number of hydrogen-bond donors (Lipinski definition) is 1. The molecule has 22 heavy (non-hydrogen) atoms. The van der Waals surface area contributed by atoms with Crippen LogP contribution in [0.2, 0.25) is 0 Å². The van der Waals surface area contributed by atoms with Gasteiger partial charge in [-0.3, -0.25) is 13.9 Å². The molecular weight excluding hydrogens is 282 g/mol. The number of carbonyl (C=O) groups is 1. The Bertz CT molecular complexity index is 754. The van der Waals surface area contributed by atoms with Crippen LogP contribution in [-0.2, 0) is 30.2 Å². The number of hydrogen-bond acceptors (Lipinski definition) is 3. The van der Waals surface area contributed by atoms with Crippen molar-refractivity contribution in [2.45, 2.75) is 19.4 Å². The molecule has 1 N–H and O–H groups in total. The van der Waals surface area contributed by atoms with E-state index in [9.17, 15) is 9.59 Å². The molecule has 2 aromatic rings. The smallest absolute Gasteiger partial charge is 0.328 e. The maximum atomic E-state index is 11.9. The summed E-state index contributed by atoms with van der Waals surface area (Å²) in [6, 6.07) is 5.82. The zero-order chi connectivity index (χ0) is 15.7. The highest BCUT2D eigenvalue weighted by atomic mass is 16.5. The number of rotatable bonds is 4. The van der Waals surface area contributed by atoms with Crippen LogP contribution in [0.3, 0.4) is 0 Å². The van der Waals surface area contributed by atoms with Gasteiger partial charge < -0.3 is 10.1 Å². The Morgan fingerprint density at radius 3 is 2.82 bits per heavy atom. The first kappa shape index (κ1) is 14.8. The number of imidazole rings is 1. The fourth-order valence-electron chi connectivity index (χ4n) is 2.94. The summed E-state index contributed by atoms with van der Waals surface area (Å²) < 4.78 is 8.53. The van der Waals surface area contributed by atoms with Crippen molar-refractivity contribution in [1.82, 2.24) is 14.5 Å². The van der Waals surface area contributed by atoms with Gasteiger partial charge >= 0.3 is 5.69 Å². The minimum atomic E-state index is -0.0441. The molecule has 0 bridgehead atoms. The van der Waals surface area contributed by atoms with Gasteiger partial charge in [-0.1, -0.05) is 6.07 Å². The van der Waals surface area contributed by atoms with E-state index in [0.29, 0.717) is 25.5 Å². The number of aromatic nitrogens is 2. The number of fused-ring (bicyclic) bond motifs is 1. The molecule has 0 saturated carbocycles. The number of aryl methyl sites for hydroxylation is 2. The molecule has 6 heteroatoms. The number of nitrogens with one attached hydrogen (secondary N) is 1. The highest BCUT2D eigenvalue weighted by Crippen LogP contribution is 2.17. The van der Waals surface area contributed by atoms with Crippen LogP contribution in [0.25, 0.3) is 11.0 Å². The van der Waals surface area contributed by atoms with E-state index >= 15 is 0 Å². The Morgan fingerprint density at radius 1 is 1.32 bits per heavy atom. The van der Waals surface area contributed by atoms with Crippen molar-refractivity contribution in [3.8, 4) is 0 Å². The molecule has 1 aromatic heterocycles. The van der Waals surface area contributed by atoms with Gasteiger partial charge in [0, 0.05) is 40.3 Å². The second kappa shape index (κ2) is 5.96. The highest BCUT2D eigenvalue weighted by Gasteiger charge is 2.18. The minimum absolute atomic E-state index is 0.0441. The number of carbonyl (C=O) groups excluding carboxylic acids is 1. The van der Waals surface area contributed by atoms with Gasteiger partial charge in [-0.25, -0.2) is 4.79 Å². The first-order chi connectivity index (χ1) is 10.6. The Hall–Kier alpha value is -2.08. The lowest BCUT2D eigenvalue weighted by Crippen LogP contribution is -2.25. The lowest BCUT2D eigenvalue weighted by atomic mass is 10.0. The topological polar surface area (TPSA) is 65.3 Å². The molecular formula is C16H21N3O3. The van der Waals surface area contributed by atoms with Crippen LogP contribution in [0, 0.1) is 5.92 Å². The minimum Gasteiger partial charge on any atom is -0.381 e. The molecule has 0 aliphatic carbocycles. The van der Waals surface area contributed by atoms with Gasteiger partial charge in [0.05, 0.1) is 11.0 Å². The maximum absolute atomic E-state index is 11.9. The quantitative estimate of drug-likeness (QED) is 0.913. The fraction of sp³-hybridized carbons (Fsp3) is 0.500. The van der Waals surface area contributed by atoms with E-state index in [-0.39, 0.29) is 11.6 Å². The first-order valence-electron chi connectivity index (χ1n) is 7.55. The van der Waals surface area contributed by atoms with E-state index < -0.39 is 0 Å². The summed E-state index contributed by atoms with van der Waals surface area (Å²) in [4.78, 5) is 23.8. The van der Waals surface area contributed by atoms with E-state index in [1.807, 2.05) is 18.2 Å². The van der Waals surface area contributed by atoms with Gasteiger partial charge in [0.25, 0.3) is 0 Å². The molecule has 3 rings (SSSR count). The summed E-state index contributed by atoms with van der Waals surface area (Å²) >= 11 is 0. The number of ether oxygens (including phenoxy) is 1. The second-order valence-corrected chi connectivity index (χ2v) is 5.93. The average molecular weight is 303 g/mol. The van der Waals surface area contributed by atoms with Crippen LogP contribution in [0.4, 0.5) is 0 Å². The Balaban J connectivity index is 1.67. The second-order valence-electron chi connectivity index (χ2n) is 5.93. The number of nitrogens with zero attached hydrogens (tertiary/aromatic N) is 2. The standard InChI is InChI=1S/C16H21N3O3/c1-18-13-4-3-11(7-14(13)19(2)16(18)21)9-17-15(20)8-12-5-6-22-10-12/h3-4,7,12H,5-6,8-10H2,1-2H3,(H,17,20)/t12-/m1/s1. The molecule has 1 saturated heterocycles. The third-order valence-corrected chi connectivity index (χ3v) is 4.32. The van der Waals surface area contributed by atoms with Gasteiger partial charge in [0.1, 0.15) is 0 Å². The predicted molar refractivity (Wildman–Crippen MR) is 83.5 cm³/mol. The van der Waals surface area contributed by atoms with Crippen LogP contribution in [-0.4, -0.2) is 28.3 Å². The van der Waals surface area contributed by atoms with Crippen LogP contribution in [0.1, 0.15) is 18.4 Å². The summed E-state index contributed by atoms with van der Waals surface area (Å²) in [5, 5.41) is 2.94. The molecule has 2 heterocycles. The Labute approximate surface area is 128 Å². The van der Waals surface area contributed by atoms with E-state index in [1.165, 1.54) is 0 Å². The van der Waals surface area contributed by atoms with Gasteiger partial charge in [-0.2, -0.15) is 0 Å². The first-order valence-corrected chi connectivity index (χ1v) is 7.55. The van der Waals surface area contributed by atoms with E-state index in [0.717, 1.165) is 29.6 Å². The van der Waals surface area contributed by atoms with Gasteiger partial charge in [-0.15, -0.1) is 0 Å². The van der Waals surface area contributed by atoms with Gasteiger partial charge in [0.2, 0.25) is 5.91 Å². The van der Waals surface area contributed by atoms with Crippen LogP contribution in [0.5, 0.6) is 0 Å². The zero-order valence-electron chi connectivity index (χ0n) is 13.0. The van der Waals surface area contributed by atoms with Gasteiger partial charge in [-0.05, 0) is 30.0 Å². The molecule has 1 aliphatic rings. The molecule has 1 amide bonds. The van der Waals surface area contributed by atoms with Crippen molar-refractivity contribution in [3.63, 3.8) is 0 Å². The van der Waals surface area contributed by atoms with Crippen LogP contribution < -0.4 is 11.0 Å². The average Bonchev–Trinajstić information content (AvgIpc) is 3.09. The van der Waals surface area contributed by atoms with Crippen molar-refractivity contribution in [2.24, 2.45) is 20.0 Å². The Kier molecular flexibility index (Phi) is 4.02. The van der Waals surface area contributed by atoms with Crippen LogP contribution in [0.15, 0.2) is 23.0 Å². The van der Waals surface area contributed by atoms with Crippen LogP contribution >= 0.6 is 0 Å². The molecule has 1 aromatic carbocycles. The molecule has 6 nitrogen and oxygen atoms in total. The summed E-state index contributed by atoms with van der Waals surface area (Å²) in [6.07, 6.45) is 1.48. The lowest BCUT2D eigenvalue weighted by molar-refractivity contribution is -0.122. The third-order valence-electron chi connectivity index (χ3n) is 4.32. The normalized spacial score (nSPS) is 18.0. The summed E-state index contributed by atoms with van der Waals surface area (Å²) in [7, 11) is 3.52. The van der Waals surface area contributed by atoms with Gasteiger partial charge in [0.15, 0.2) is 0 Å². The predicted octanol–water partition coefficient (Wildman–Crippen LogP) is 0.920. The largest absolute Gasteiger partial charge is 0.381 e. The maximum Gasteiger partial charge on any atom is 0.328 e. The monoisotopic (exact) mass is 303 g/mol. The summed E-state index contributed by atoms with van der Waals surface area (Å²) in [5.41, 5.74) is 2.72. The molecule has 0 unspecified atom stereocenters. The SMILES string of the molecule is Cn1c(=O)n(C)c2cc(CNC(=O)C[C@H]3CCOC3)ccc21. The third kappa shape index (κ3) is 2.78. The number of amides is 1. The molecule has 0 radical (unpaired) electrons. The molecule has 1 fully saturated rings. The zero-order valence-corrected chi connectivity index (χ0v) is 13.0. The fourth-order valence-corrected chi connectivity index (χ4v) is 2.94. The Morgan fingerprint density at radius 2 is 2.09 bits per heavy atom. The summed E-state index contributed by atoms with van der Waals surface area (Å²) in [5.74, 6) is 0.398. The van der Waals surface area contributed by atoms with E-state index in [1.54, 1.807) is 23.2 Å².